The van der Waals surface area contributed by atoms with Crippen LogP contribution in [0.5, 0.6) is 0 Å². The van der Waals surface area contributed by atoms with Gasteiger partial charge < -0.3 is 14.4 Å². The Morgan fingerprint density at radius 3 is 2.82 bits per heavy atom. The van der Waals surface area contributed by atoms with E-state index in [-0.39, 0.29) is 22.6 Å². The number of pyridine rings is 1. The molecular formula is C22H24F2N8O4S2. The van der Waals surface area contributed by atoms with Crippen LogP contribution in [0.2, 0.25) is 0 Å². The Balaban J connectivity index is 1.46. The fraction of sp³-hybridized carbons (Fsp3) is 0.545. The lowest BCUT2D eigenvalue weighted by atomic mass is 9.92. The van der Waals surface area contributed by atoms with Gasteiger partial charge in [-0.1, -0.05) is 11.3 Å². The van der Waals surface area contributed by atoms with Crippen molar-refractivity contribution in [2.75, 3.05) is 50.9 Å². The van der Waals surface area contributed by atoms with Gasteiger partial charge in [0, 0.05) is 32.2 Å². The number of ether oxygens (including phenoxy) is 2. The SMILES string of the molecule is CC1OCC1(C#N)NS(=O)(=O)c1cc(N2CCN3CCOC[C@H]3C2)n2ncc(-c3nnc(C(F)F)s3)c2c1. The molecule has 0 saturated carbocycles. The summed E-state index contributed by atoms with van der Waals surface area (Å²) < 4.78 is 68.6. The van der Waals surface area contributed by atoms with Gasteiger partial charge in [-0.3, -0.25) is 4.90 Å². The summed E-state index contributed by atoms with van der Waals surface area (Å²) in [5, 5.41) is 21.4. The van der Waals surface area contributed by atoms with Crippen molar-refractivity contribution in [1.29, 1.82) is 5.26 Å². The summed E-state index contributed by atoms with van der Waals surface area (Å²) in [6.07, 6.45) is -1.93. The van der Waals surface area contributed by atoms with Crippen molar-refractivity contribution < 1.29 is 26.7 Å². The summed E-state index contributed by atoms with van der Waals surface area (Å²) in [4.78, 5) is 4.30. The van der Waals surface area contributed by atoms with E-state index < -0.39 is 33.1 Å². The van der Waals surface area contributed by atoms with E-state index in [1.54, 1.807) is 11.4 Å². The molecule has 3 fully saturated rings. The smallest absolute Gasteiger partial charge is 0.291 e. The lowest BCUT2D eigenvalue weighted by Crippen LogP contribution is -2.66. The quantitative estimate of drug-likeness (QED) is 0.464. The molecule has 0 aromatic carbocycles. The zero-order chi connectivity index (χ0) is 26.7. The number of anilines is 1. The number of fused-ring (bicyclic) bond motifs is 2. The van der Waals surface area contributed by atoms with E-state index in [0.29, 0.717) is 43.2 Å². The maximum absolute atomic E-state index is 13.6. The number of nitrogens with zero attached hydrogens (tertiary/aromatic N) is 7. The third-order valence-electron chi connectivity index (χ3n) is 7.27. The highest BCUT2D eigenvalue weighted by molar-refractivity contribution is 7.89. The number of halogens is 2. The fourth-order valence-corrected chi connectivity index (χ4v) is 7.06. The molecule has 2 unspecified atom stereocenters. The molecule has 3 aromatic heterocycles. The Kier molecular flexibility index (Phi) is 6.32. The molecule has 3 atom stereocenters. The minimum Gasteiger partial charge on any atom is -0.378 e. The highest BCUT2D eigenvalue weighted by Crippen LogP contribution is 2.35. The van der Waals surface area contributed by atoms with Crippen LogP contribution in [-0.4, -0.2) is 96.8 Å². The molecule has 0 aliphatic carbocycles. The normalized spacial score (nSPS) is 26.3. The van der Waals surface area contributed by atoms with Gasteiger partial charge in [-0.05, 0) is 13.0 Å². The summed E-state index contributed by atoms with van der Waals surface area (Å²) in [7, 11) is -4.19. The van der Waals surface area contributed by atoms with Crippen molar-refractivity contribution in [2.24, 2.45) is 0 Å². The van der Waals surface area contributed by atoms with Crippen LogP contribution in [0.15, 0.2) is 23.2 Å². The molecule has 16 heteroatoms. The molecule has 3 saturated heterocycles. The van der Waals surface area contributed by atoms with Crippen molar-refractivity contribution in [3.8, 4) is 16.6 Å². The number of aromatic nitrogens is 4. The molecule has 3 aliphatic heterocycles. The summed E-state index contributed by atoms with van der Waals surface area (Å²) >= 11 is 0.723. The lowest BCUT2D eigenvalue weighted by Gasteiger charge is -2.44. The van der Waals surface area contributed by atoms with Crippen LogP contribution >= 0.6 is 11.3 Å². The van der Waals surface area contributed by atoms with E-state index in [1.165, 1.54) is 18.3 Å². The number of hydrogen-bond acceptors (Lipinski definition) is 11. The number of piperazine rings is 1. The van der Waals surface area contributed by atoms with Crippen molar-refractivity contribution in [1.82, 2.24) is 29.4 Å². The Morgan fingerprint density at radius 2 is 2.13 bits per heavy atom. The Labute approximate surface area is 220 Å². The maximum atomic E-state index is 13.6. The van der Waals surface area contributed by atoms with Gasteiger partial charge in [0.05, 0.1) is 60.2 Å². The fourth-order valence-electron chi connectivity index (χ4n) is 4.95. The first-order valence-corrected chi connectivity index (χ1v) is 14.3. The number of hydrogen-bond donors (Lipinski definition) is 1. The van der Waals surface area contributed by atoms with Crippen LogP contribution in [0.25, 0.3) is 16.1 Å². The standard InChI is InChI=1S/C22H24F2N8O4S2/c1-13-22(11-25,12-36-13)29-38(33,34)15-6-17-16(20-27-28-21(37-20)19(23)24)8-26-32(17)18(7-15)31-3-2-30-4-5-35-10-14(30)9-31/h6-8,13-14,19,29H,2-5,9-10,12H2,1H3/t13?,14-,22?/m1/s1. The largest absolute Gasteiger partial charge is 0.378 e. The maximum Gasteiger partial charge on any atom is 0.291 e. The molecule has 0 radical (unpaired) electrons. The van der Waals surface area contributed by atoms with Crippen LogP contribution in [0.3, 0.4) is 0 Å². The van der Waals surface area contributed by atoms with E-state index >= 15 is 0 Å². The van der Waals surface area contributed by atoms with E-state index in [4.69, 9.17) is 9.47 Å². The Hall–Kier alpha value is -2.81. The van der Waals surface area contributed by atoms with E-state index in [0.717, 1.165) is 24.4 Å². The number of nitriles is 1. The third kappa shape index (κ3) is 4.23. The van der Waals surface area contributed by atoms with Gasteiger partial charge in [0.15, 0.2) is 15.6 Å². The number of nitrogens with one attached hydrogen (secondary N) is 1. The summed E-state index contributed by atoms with van der Waals surface area (Å²) in [5.41, 5.74) is -0.640. The van der Waals surface area contributed by atoms with Gasteiger partial charge in [0.25, 0.3) is 6.43 Å². The monoisotopic (exact) mass is 566 g/mol. The predicted octanol–water partition coefficient (Wildman–Crippen LogP) is 1.27. The molecular weight excluding hydrogens is 542 g/mol. The molecule has 0 amide bonds. The number of sulfonamides is 1. The topological polar surface area (TPSA) is 138 Å². The number of alkyl halides is 2. The van der Waals surface area contributed by atoms with Crippen LogP contribution in [0, 0.1) is 11.3 Å². The van der Waals surface area contributed by atoms with Crippen molar-refractivity contribution >= 4 is 32.7 Å². The van der Waals surface area contributed by atoms with E-state index in [2.05, 4.69) is 24.9 Å². The molecule has 3 aromatic rings. The zero-order valence-corrected chi connectivity index (χ0v) is 21.9. The van der Waals surface area contributed by atoms with Crippen LogP contribution in [0.1, 0.15) is 18.4 Å². The highest BCUT2D eigenvalue weighted by Gasteiger charge is 2.49. The van der Waals surface area contributed by atoms with Crippen molar-refractivity contribution in [3.05, 3.63) is 23.3 Å². The van der Waals surface area contributed by atoms with Crippen LogP contribution in [0.4, 0.5) is 14.6 Å². The minimum absolute atomic E-state index is 0.0677. The molecule has 12 nitrogen and oxygen atoms in total. The van der Waals surface area contributed by atoms with Gasteiger partial charge in [0.2, 0.25) is 10.0 Å². The number of rotatable bonds is 6. The predicted molar refractivity (Wildman–Crippen MR) is 132 cm³/mol. The van der Waals surface area contributed by atoms with Gasteiger partial charge in [0.1, 0.15) is 5.82 Å². The molecule has 3 aliphatic rings. The van der Waals surface area contributed by atoms with E-state index in [9.17, 15) is 22.5 Å². The first-order valence-electron chi connectivity index (χ1n) is 12.0. The Morgan fingerprint density at radius 1 is 1.29 bits per heavy atom. The van der Waals surface area contributed by atoms with Crippen LogP contribution in [-0.2, 0) is 19.5 Å². The second kappa shape index (κ2) is 9.43. The highest BCUT2D eigenvalue weighted by atomic mass is 32.2. The average Bonchev–Trinajstić information content (AvgIpc) is 3.57. The second-order valence-electron chi connectivity index (χ2n) is 9.50. The van der Waals surface area contributed by atoms with Crippen LogP contribution < -0.4 is 9.62 Å². The van der Waals surface area contributed by atoms with Gasteiger partial charge in [-0.25, -0.2) is 21.7 Å². The van der Waals surface area contributed by atoms with Crippen molar-refractivity contribution in [3.63, 3.8) is 0 Å². The molecule has 0 bridgehead atoms. The molecule has 6 rings (SSSR count). The average molecular weight is 567 g/mol. The lowest BCUT2D eigenvalue weighted by molar-refractivity contribution is -0.102. The summed E-state index contributed by atoms with van der Waals surface area (Å²) in [6.45, 7) is 5.60. The second-order valence-corrected chi connectivity index (χ2v) is 12.2. The van der Waals surface area contributed by atoms with Gasteiger partial charge in [-0.15, -0.1) is 10.2 Å². The van der Waals surface area contributed by atoms with Gasteiger partial charge in [-0.2, -0.15) is 15.1 Å². The first-order chi connectivity index (χ1) is 18.2. The minimum atomic E-state index is -4.19. The van der Waals surface area contributed by atoms with E-state index in [1.807, 2.05) is 11.0 Å². The summed E-state index contributed by atoms with van der Waals surface area (Å²) in [5.74, 6) is 0.516. The first kappa shape index (κ1) is 25.5. The zero-order valence-electron chi connectivity index (χ0n) is 20.2. The molecule has 6 heterocycles. The molecule has 38 heavy (non-hydrogen) atoms. The summed E-state index contributed by atoms with van der Waals surface area (Å²) in [6, 6.07) is 5.09. The third-order valence-corrected chi connectivity index (χ3v) is 9.73. The molecule has 202 valence electrons. The number of morpholine rings is 1. The molecule has 1 N–H and O–H groups in total. The van der Waals surface area contributed by atoms with Gasteiger partial charge >= 0.3 is 0 Å². The molecule has 0 spiro atoms. The van der Waals surface area contributed by atoms with Crippen molar-refractivity contribution in [2.45, 2.75) is 35.9 Å². The Bertz CT molecular complexity index is 1520.